The summed E-state index contributed by atoms with van der Waals surface area (Å²) in [7, 11) is 0. The van der Waals surface area contributed by atoms with Crippen molar-refractivity contribution in [2.24, 2.45) is 34.5 Å². The molecule has 4 amide bonds. The monoisotopic (exact) mass is 604 g/mol. The van der Waals surface area contributed by atoms with E-state index in [0.717, 1.165) is 12.8 Å². The number of nitrogens with zero attached hydrogens (tertiary/aromatic N) is 3. The number of carbonyl (C=O) groups excluding carboxylic acids is 4. The van der Waals surface area contributed by atoms with Gasteiger partial charge in [-0.1, -0.05) is 41.5 Å². The third kappa shape index (κ3) is 6.11. The number of halogens is 2. The second-order valence-corrected chi connectivity index (χ2v) is 15.4. The van der Waals surface area contributed by atoms with Crippen LogP contribution in [0.5, 0.6) is 0 Å². The first kappa shape index (κ1) is 31.6. The van der Waals surface area contributed by atoms with E-state index in [0.29, 0.717) is 19.5 Å². The Bertz CT molecular complexity index is 1220. The van der Waals surface area contributed by atoms with E-state index in [1.165, 1.54) is 4.90 Å². The molecule has 3 aliphatic heterocycles. The van der Waals surface area contributed by atoms with Crippen LogP contribution in [-0.2, 0) is 19.2 Å². The molecule has 12 heteroatoms. The number of nitrogens with one attached hydrogen (secondary N) is 3. The topological polar surface area (TPSA) is 135 Å². The molecule has 43 heavy (non-hydrogen) atoms. The number of fused-ring (bicyclic) bond motifs is 1. The van der Waals surface area contributed by atoms with Gasteiger partial charge in [-0.2, -0.15) is 5.26 Å². The first-order chi connectivity index (χ1) is 19.9. The highest BCUT2D eigenvalue weighted by molar-refractivity contribution is 5.94. The Kier molecular flexibility index (Phi) is 7.84. The van der Waals surface area contributed by atoms with Crippen LogP contribution in [0.15, 0.2) is 0 Å². The van der Waals surface area contributed by atoms with E-state index in [2.05, 4.69) is 35.9 Å². The normalized spacial score (nSPS) is 33.1. The van der Waals surface area contributed by atoms with Crippen LogP contribution in [0, 0.1) is 45.8 Å². The van der Waals surface area contributed by atoms with E-state index in [9.17, 15) is 33.2 Å². The van der Waals surface area contributed by atoms with Crippen LogP contribution >= 0.6 is 0 Å². The van der Waals surface area contributed by atoms with Gasteiger partial charge in [0.1, 0.15) is 18.1 Å². The molecule has 0 aromatic heterocycles. The van der Waals surface area contributed by atoms with Gasteiger partial charge in [-0.25, -0.2) is 8.78 Å². The fourth-order valence-electron chi connectivity index (χ4n) is 7.83. The third-order valence-electron chi connectivity index (χ3n) is 10.7. The predicted molar refractivity (Wildman–Crippen MR) is 153 cm³/mol. The summed E-state index contributed by atoms with van der Waals surface area (Å²) < 4.78 is 28.9. The first-order valence-electron chi connectivity index (χ1n) is 15.6. The summed E-state index contributed by atoms with van der Waals surface area (Å²) >= 11 is 0. The van der Waals surface area contributed by atoms with Gasteiger partial charge >= 0.3 is 0 Å². The van der Waals surface area contributed by atoms with Crippen LogP contribution in [0.1, 0.15) is 73.6 Å². The molecule has 0 aromatic rings. The van der Waals surface area contributed by atoms with Crippen molar-refractivity contribution < 1.29 is 28.0 Å². The van der Waals surface area contributed by atoms with Crippen LogP contribution in [0.4, 0.5) is 8.78 Å². The minimum absolute atomic E-state index is 0.0783. The Labute approximate surface area is 252 Å². The van der Waals surface area contributed by atoms with E-state index in [1.807, 2.05) is 0 Å². The van der Waals surface area contributed by atoms with Crippen molar-refractivity contribution in [2.45, 2.75) is 103 Å². The highest BCUT2D eigenvalue weighted by Gasteiger charge is 2.70. The summed E-state index contributed by atoms with van der Waals surface area (Å²) in [6.45, 7) is 11.8. The SMILES string of the molecule is CCN1CC(C(=O)N[C@H](C(=O)N2C[C@H]3[C@@H]([C@H]2C(=O)N[C@H](C#N)C[C@@H]2CC4(CC4)NC2=O)C3(C)C)C(C)(C)C)CC(F)(F)C1. The summed E-state index contributed by atoms with van der Waals surface area (Å²) in [4.78, 5) is 56.9. The lowest BCUT2D eigenvalue weighted by atomic mass is 9.84. The second kappa shape index (κ2) is 10.7. The molecule has 5 rings (SSSR count). The standard InChI is InChI=1S/C31H46F2N6O4/c1-7-38-14-18(12-31(32,33)16-38)24(40)36-23(28(2,3)4)27(43)39-15-20-21(29(20,5)6)22(39)26(42)35-19(13-34)10-17-11-30(8-9-30)37-25(17)41/h17-23H,7-12,14-16H2,1-6H3,(H,35,42)(H,36,40)(H,37,41)/t17-,18?,19+,20+,21+,22+,23-/m1/s1. The summed E-state index contributed by atoms with van der Waals surface area (Å²) in [5.41, 5.74) is -1.08. The third-order valence-corrected chi connectivity index (χ3v) is 10.7. The quantitative estimate of drug-likeness (QED) is 0.388. The lowest BCUT2D eigenvalue weighted by Gasteiger charge is -2.40. The van der Waals surface area contributed by atoms with Crippen molar-refractivity contribution in [3.63, 3.8) is 0 Å². The number of rotatable bonds is 8. The van der Waals surface area contributed by atoms with Crippen LogP contribution in [0.2, 0.25) is 0 Å². The smallest absolute Gasteiger partial charge is 0.261 e. The van der Waals surface area contributed by atoms with Crippen LogP contribution in [0.25, 0.3) is 0 Å². The molecule has 238 valence electrons. The molecular formula is C31H46F2N6O4. The zero-order valence-corrected chi connectivity index (χ0v) is 26.1. The largest absolute Gasteiger partial charge is 0.350 e. The van der Waals surface area contributed by atoms with Crippen molar-refractivity contribution >= 4 is 23.6 Å². The molecule has 3 N–H and O–H groups in total. The molecule has 2 saturated carbocycles. The fourth-order valence-corrected chi connectivity index (χ4v) is 7.83. The maximum atomic E-state index is 14.4. The lowest BCUT2D eigenvalue weighted by molar-refractivity contribution is -0.148. The Balaban J connectivity index is 1.30. The summed E-state index contributed by atoms with van der Waals surface area (Å²) in [5.74, 6) is -5.92. The number of hydrogen-bond acceptors (Lipinski definition) is 6. The lowest BCUT2D eigenvalue weighted by Crippen LogP contribution is -2.61. The van der Waals surface area contributed by atoms with Gasteiger partial charge in [0, 0.05) is 31.0 Å². The molecule has 0 aromatic carbocycles. The molecule has 3 heterocycles. The Morgan fingerprint density at radius 2 is 1.79 bits per heavy atom. The van der Waals surface area contributed by atoms with Crippen molar-refractivity contribution in [1.29, 1.82) is 5.26 Å². The maximum Gasteiger partial charge on any atom is 0.261 e. The predicted octanol–water partition coefficient (Wildman–Crippen LogP) is 2.04. The van der Waals surface area contributed by atoms with E-state index in [1.54, 1.807) is 32.6 Å². The number of likely N-dealkylation sites (tertiary alicyclic amines) is 2. The molecule has 3 saturated heterocycles. The van der Waals surface area contributed by atoms with Gasteiger partial charge in [0.15, 0.2) is 0 Å². The van der Waals surface area contributed by atoms with E-state index in [-0.39, 0.29) is 47.6 Å². The Morgan fingerprint density at radius 1 is 1.12 bits per heavy atom. The number of alkyl halides is 2. The van der Waals surface area contributed by atoms with E-state index < -0.39 is 66.1 Å². The number of piperidine rings is 2. The van der Waals surface area contributed by atoms with Gasteiger partial charge in [0.25, 0.3) is 5.92 Å². The van der Waals surface area contributed by atoms with Gasteiger partial charge in [-0.15, -0.1) is 0 Å². The van der Waals surface area contributed by atoms with Crippen LogP contribution < -0.4 is 16.0 Å². The Hall–Kier alpha value is -2.81. The summed E-state index contributed by atoms with van der Waals surface area (Å²) in [5, 5.41) is 18.5. The zero-order valence-electron chi connectivity index (χ0n) is 26.1. The van der Waals surface area contributed by atoms with Crippen molar-refractivity contribution in [3.05, 3.63) is 0 Å². The minimum Gasteiger partial charge on any atom is -0.350 e. The number of amides is 4. The van der Waals surface area contributed by atoms with Crippen LogP contribution in [-0.4, -0.2) is 89.2 Å². The summed E-state index contributed by atoms with van der Waals surface area (Å²) in [6.07, 6.45) is 2.14. The first-order valence-corrected chi connectivity index (χ1v) is 15.6. The van der Waals surface area contributed by atoms with Gasteiger partial charge in [-0.05, 0) is 54.9 Å². The maximum absolute atomic E-state index is 14.4. The number of nitriles is 1. The molecule has 1 spiro atoms. The molecule has 0 bridgehead atoms. The van der Waals surface area contributed by atoms with Crippen LogP contribution in [0.3, 0.4) is 0 Å². The van der Waals surface area contributed by atoms with Crippen molar-refractivity contribution in [3.8, 4) is 6.07 Å². The van der Waals surface area contributed by atoms with E-state index >= 15 is 0 Å². The van der Waals surface area contributed by atoms with Crippen molar-refractivity contribution in [2.75, 3.05) is 26.2 Å². The molecule has 5 fully saturated rings. The highest BCUT2D eigenvalue weighted by atomic mass is 19.3. The molecule has 7 atom stereocenters. The molecule has 2 aliphatic carbocycles. The van der Waals surface area contributed by atoms with E-state index in [4.69, 9.17) is 0 Å². The van der Waals surface area contributed by atoms with Gasteiger partial charge in [0.05, 0.1) is 18.5 Å². The van der Waals surface area contributed by atoms with Gasteiger partial charge in [0.2, 0.25) is 23.6 Å². The molecule has 10 nitrogen and oxygen atoms in total. The van der Waals surface area contributed by atoms with Gasteiger partial charge < -0.3 is 20.9 Å². The van der Waals surface area contributed by atoms with Gasteiger partial charge in [-0.3, -0.25) is 24.1 Å². The fraction of sp³-hybridized carbons (Fsp3) is 0.839. The zero-order chi connectivity index (χ0) is 31.7. The molecule has 1 unspecified atom stereocenters. The van der Waals surface area contributed by atoms with Crippen molar-refractivity contribution in [1.82, 2.24) is 25.8 Å². The molecule has 5 aliphatic rings. The number of hydrogen-bond donors (Lipinski definition) is 3. The Morgan fingerprint density at radius 3 is 2.35 bits per heavy atom. The molecular weight excluding hydrogens is 558 g/mol. The minimum atomic E-state index is -3.00. The number of carbonyl (C=O) groups is 4. The summed E-state index contributed by atoms with van der Waals surface area (Å²) in [6, 6.07) is -0.633. The average Bonchev–Trinajstić information content (AvgIpc) is 3.63. The second-order valence-electron chi connectivity index (χ2n) is 15.4. The highest BCUT2D eigenvalue weighted by Crippen LogP contribution is 2.65. The molecule has 0 radical (unpaired) electrons. The average molecular weight is 605 g/mol.